The Morgan fingerprint density at radius 2 is 1.11 bits per heavy atom. The first-order chi connectivity index (χ1) is 9.27. The lowest BCUT2D eigenvalue weighted by molar-refractivity contribution is 0.506. The first-order valence-electron chi connectivity index (χ1n) is 8.98. The zero-order valence-electron chi connectivity index (χ0n) is 14.0. The molecule has 0 fully saturated rings. The van der Waals surface area contributed by atoms with E-state index in [4.69, 9.17) is 0 Å². The lowest BCUT2D eigenvalue weighted by Gasteiger charge is -2.06. The molecule has 0 amide bonds. The quantitative estimate of drug-likeness (QED) is 0.363. The Morgan fingerprint density at radius 3 is 1.63 bits per heavy atom. The van der Waals surface area contributed by atoms with Crippen LogP contribution in [0.4, 0.5) is 0 Å². The molecule has 0 aromatic rings. The molecule has 0 spiro atoms. The van der Waals surface area contributed by atoms with Crippen molar-refractivity contribution in [3.05, 3.63) is 0 Å². The largest absolute Gasteiger partial charge is 0.317 e. The van der Waals surface area contributed by atoms with E-state index < -0.39 is 0 Å². The molecule has 0 saturated carbocycles. The third-order valence-corrected chi connectivity index (χ3v) is 3.84. The van der Waals surface area contributed by atoms with E-state index in [1.807, 2.05) is 0 Å². The fraction of sp³-hybridized carbons (Fsp3) is 1.00. The van der Waals surface area contributed by atoms with E-state index in [1.54, 1.807) is 0 Å². The molecule has 1 heteroatoms. The topological polar surface area (TPSA) is 12.0 Å². The number of rotatable bonds is 15. The minimum absolute atomic E-state index is 0.888. The maximum Gasteiger partial charge on any atom is -0.00489 e. The molecule has 0 radical (unpaired) electrons. The molecule has 0 aliphatic carbocycles. The van der Waals surface area contributed by atoms with Crippen LogP contribution in [0.2, 0.25) is 0 Å². The Morgan fingerprint density at radius 1 is 0.632 bits per heavy atom. The van der Waals surface area contributed by atoms with Crippen LogP contribution in [0.15, 0.2) is 0 Å². The minimum Gasteiger partial charge on any atom is -0.317 e. The van der Waals surface area contributed by atoms with E-state index in [0.29, 0.717) is 0 Å². The summed E-state index contributed by atoms with van der Waals surface area (Å²) in [6.45, 7) is 9.40. The maximum absolute atomic E-state index is 3.59. The van der Waals surface area contributed by atoms with Gasteiger partial charge < -0.3 is 5.32 Å². The molecule has 116 valence electrons. The SMILES string of the molecule is CCCCCCCCNCCCCCCCC(C)C. The highest BCUT2D eigenvalue weighted by Gasteiger charge is 1.95. The fourth-order valence-corrected chi connectivity index (χ4v) is 2.49. The molecule has 1 nitrogen and oxygen atoms in total. The number of unbranched alkanes of at least 4 members (excludes halogenated alkanes) is 9. The third-order valence-electron chi connectivity index (χ3n) is 3.84. The van der Waals surface area contributed by atoms with Gasteiger partial charge in [0, 0.05) is 0 Å². The molecule has 0 rings (SSSR count). The first-order valence-corrected chi connectivity index (χ1v) is 8.98. The van der Waals surface area contributed by atoms with E-state index in [2.05, 4.69) is 26.1 Å². The summed E-state index contributed by atoms with van der Waals surface area (Å²) in [6.07, 6.45) is 17.0. The van der Waals surface area contributed by atoms with Crippen molar-refractivity contribution >= 4 is 0 Å². The van der Waals surface area contributed by atoms with Gasteiger partial charge in [-0.25, -0.2) is 0 Å². The van der Waals surface area contributed by atoms with Crippen LogP contribution in [-0.4, -0.2) is 13.1 Å². The van der Waals surface area contributed by atoms with Gasteiger partial charge in [0.1, 0.15) is 0 Å². The van der Waals surface area contributed by atoms with Crippen molar-refractivity contribution in [1.82, 2.24) is 5.32 Å². The Bertz CT molecular complexity index is 154. The summed E-state index contributed by atoms with van der Waals surface area (Å²) in [4.78, 5) is 0. The standard InChI is InChI=1S/C18H39N/c1-4-5-6-7-10-13-16-19-17-14-11-8-9-12-15-18(2)3/h18-19H,4-17H2,1-3H3. The minimum atomic E-state index is 0.888. The van der Waals surface area contributed by atoms with Gasteiger partial charge in [-0.15, -0.1) is 0 Å². The Hall–Kier alpha value is -0.0400. The number of hydrogen-bond donors (Lipinski definition) is 1. The van der Waals surface area contributed by atoms with Gasteiger partial charge in [0.25, 0.3) is 0 Å². The van der Waals surface area contributed by atoms with Gasteiger partial charge in [-0.2, -0.15) is 0 Å². The molecule has 0 aromatic heterocycles. The van der Waals surface area contributed by atoms with Gasteiger partial charge >= 0.3 is 0 Å². The molecule has 0 aliphatic heterocycles. The van der Waals surface area contributed by atoms with Crippen LogP contribution in [0.3, 0.4) is 0 Å². The molecule has 0 aliphatic rings. The predicted molar refractivity (Wildman–Crippen MR) is 88.8 cm³/mol. The Labute approximate surface area is 122 Å². The van der Waals surface area contributed by atoms with Crippen molar-refractivity contribution in [3.63, 3.8) is 0 Å². The molecule has 0 saturated heterocycles. The first kappa shape index (κ1) is 19.0. The highest BCUT2D eigenvalue weighted by Crippen LogP contribution is 2.10. The summed E-state index contributed by atoms with van der Waals surface area (Å²) in [6, 6.07) is 0. The van der Waals surface area contributed by atoms with E-state index in [1.165, 1.54) is 90.1 Å². The Balaban J connectivity index is 2.91. The van der Waals surface area contributed by atoms with Gasteiger partial charge in [0.05, 0.1) is 0 Å². The van der Waals surface area contributed by atoms with Crippen molar-refractivity contribution in [2.24, 2.45) is 5.92 Å². The van der Waals surface area contributed by atoms with Gasteiger partial charge in [-0.3, -0.25) is 0 Å². The van der Waals surface area contributed by atoms with Crippen LogP contribution in [0.1, 0.15) is 97.8 Å². The predicted octanol–water partition coefficient (Wildman–Crippen LogP) is 5.93. The van der Waals surface area contributed by atoms with Gasteiger partial charge in [0.15, 0.2) is 0 Å². The summed E-state index contributed by atoms with van der Waals surface area (Å²) in [5.74, 6) is 0.888. The van der Waals surface area contributed by atoms with Crippen molar-refractivity contribution < 1.29 is 0 Å². The molecule has 0 heterocycles. The van der Waals surface area contributed by atoms with Gasteiger partial charge in [-0.05, 0) is 31.8 Å². The molecular formula is C18H39N. The molecule has 0 atom stereocenters. The zero-order chi connectivity index (χ0) is 14.2. The number of nitrogens with one attached hydrogen (secondary N) is 1. The molecule has 19 heavy (non-hydrogen) atoms. The maximum atomic E-state index is 3.59. The van der Waals surface area contributed by atoms with E-state index in [9.17, 15) is 0 Å². The second kappa shape index (κ2) is 16.0. The second-order valence-electron chi connectivity index (χ2n) is 6.47. The lowest BCUT2D eigenvalue weighted by atomic mass is 10.0. The molecular weight excluding hydrogens is 230 g/mol. The van der Waals surface area contributed by atoms with E-state index >= 15 is 0 Å². The summed E-state index contributed by atoms with van der Waals surface area (Å²) in [7, 11) is 0. The number of hydrogen-bond acceptors (Lipinski definition) is 1. The third kappa shape index (κ3) is 18.0. The summed E-state index contributed by atoms with van der Waals surface area (Å²) in [5, 5.41) is 3.59. The average Bonchev–Trinajstić information content (AvgIpc) is 2.39. The lowest BCUT2D eigenvalue weighted by Crippen LogP contribution is -2.16. The Kier molecular flexibility index (Phi) is 16.0. The van der Waals surface area contributed by atoms with E-state index in [0.717, 1.165) is 5.92 Å². The van der Waals surface area contributed by atoms with Crippen LogP contribution in [0.25, 0.3) is 0 Å². The zero-order valence-corrected chi connectivity index (χ0v) is 14.0. The highest BCUT2D eigenvalue weighted by atomic mass is 14.8. The van der Waals surface area contributed by atoms with Crippen LogP contribution in [0, 0.1) is 5.92 Å². The van der Waals surface area contributed by atoms with Crippen molar-refractivity contribution in [1.29, 1.82) is 0 Å². The summed E-state index contributed by atoms with van der Waals surface area (Å²) in [5.41, 5.74) is 0. The van der Waals surface area contributed by atoms with Gasteiger partial charge in [-0.1, -0.05) is 85.0 Å². The smallest absolute Gasteiger partial charge is 0.00489 e. The molecule has 0 unspecified atom stereocenters. The van der Waals surface area contributed by atoms with Crippen molar-refractivity contribution in [3.8, 4) is 0 Å². The van der Waals surface area contributed by atoms with Crippen LogP contribution in [-0.2, 0) is 0 Å². The second-order valence-corrected chi connectivity index (χ2v) is 6.47. The fourth-order valence-electron chi connectivity index (χ4n) is 2.49. The molecule has 1 N–H and O–H groups in total. The van der Waals surface area contributed by atoms with E-state index in [-0.39, 0.29) is 0 Å². The summed E-state index contributed by atoms with van der Waals surface area (Å²) >= 11 is 0. The molecule has 0 aromatic carbocycles. The van der Waals surface area contributed by atoms with Crippen molar-refractivity contribution in [2.75, 3.05) is 13.1 Å². The van der Waals surface area contributed by atoms with Crippen LogP contribution < -0.4 is 5.32 Å². The summed E-state index contributed by atoms with van der Waals surface area (Å²) < 4.78 is 0. The van der Waals surface area contributed by atoms with Gasteiger partial charge in [0.2, 0.25) is 0 Å². The normalized spacial score (nSPS) is 11.4. The van der Waals surface area contributed by atoms with Crippen LogP contribution >= 0.6 is 0 Å². The molecule has 0 bridgehead atoms. The van der Waals surface area contributed by atoms with Crippen molar-refractivity contribution in [2.45, 2.75) is 97.8 Å². The highest BCUT2D eigenvalue weighted by molar-refractivity contribution is 4.52. The average molecular weight is 270 g/mol. The monoisotopic (exact) mass is 269 g/mol. The van der Waals surface area contributed by atoms with Crippen LogP contribution in [0.5, 0.6) is 0 Å².